The number of unbranched alkanes of at least 4 members (excludes halogenated alkanes) is 8. The van der Waals surface area contributed by atoms with Gasteiger partial charge < -0.3 is 32.9 Å². The Morgan fingerprint density at radius 1 is 0.300 bits per heavy atom. The van der Waals surface area contributed by atoms with Crippen LogP contribution in [0.5, 0.6) is 0 Å². The number of nitrogens with zero attached hydrogens (tertiary/aromatic N) is 2. The van der Waals surface area contributed by atoms with Gasteiger partial charge in [0.1, 0.15) is 0 Å². The van der Waals surface area contributed by atoms with Gasteiger partial charge in [-0.2, -0.15) is 26.0 Å². The SMILES string of the molecule is CCCC[N+](CCCC)(CCCC)CCCC.CCCC[N+](CCCC)(CCCC)CCCC.O=[C-]Br.O=[C-]Br.O=[C-]Br.O=[C-]Br.O=[C-]Br.[Ir]. The fourth-order valence-corrected chi connectivity index (χ4v) is 5.29. The number of carbonyl (C=O) groups excluding carboxylic acids is 5. The van der Waals surface area contributed by atoms with Crippen molar-refractivity contribution >= 4 is 106 Å². The van der Waals surface area contributed by atoms with Crippen LogP contribution in [-0.2, 0) is 44.1 Å². The third kappa shape index (κ3) is 67.4. The molecule has 0 atom stereocenters. The summed E-state index contributed by atoms with van der Waals surface area (Å²) in [6.45, 7) is 30.0. The van der Waals surface area contributed by atoms with Crippen molar-refractivity contribution < 1.29 is 53.0 Å². The molecule has 7 nitrogen and oxygen atoms in total. The molecule has 0 bridgehead atoms. The van der Waals surface area contributed by atoms with Gasteiger partial charge in [-0.1, -0.05) is 107 Å². The molecule has 0 aromatic heterocycles. The van der Waals surface area contributed by atoms with Crippen LogP contribution in [0, 0.1) is 0 Å². The van der Waals surface area contributed by atoms with E-state index in [1.54, 1.807) is 0 Å². The molecule has 0 aliphatic heterocycles. The molecule has 0 heterocycles. The van der Waals surface area contributed by atoms with Gasteiger partial charge in [0.05, 0.1) is 52.4 Å². The molecule has 0 aliphatic carbocycles. The fraction of sp³-hybridized carbons (Fsp3) is 0.865. The summed E-state index contributed by atoms with van der Waals surface area (Å²) in [6, 6.07) is 0. The first-order chi connectivity index (χ1) is 23.6. The van der Waals surface area contributed by atoms with Crippen LogP contribution in [0.3, 0.4) is 0 Å². The number of halogens is 5. The Balaban J connectivity index is -0.0000000828. The molecule has 0 spiro atoms. The van der Waals surface area contributed by atoms with Gasteiger partial charge in [0, 0.05) is 20.1 Å². The normalized spacial score (nSPS) is 9.46. The maximum atomic E-state index is 8.60. The van der Waals surface area contributed by atoms with Crippen molar-refractivity contribution in [1.82, 2.24) is 0 Å². The molecule has 0 saturated heterocycles. The van der Waals surface area contributed by atoms with Crippen LogP contribution in [-0.4, -0.2) is 87.3 Å². The Morgan fingerprint density at radius 3 is 0.440 bits per heavy atom. The molecule has 0 aromatic carbocycles. The zero-order valence-electron chi connectivity index (χ0n) is 32.6. The molecule has 13 heteroatoms. The maximum Gasteiger partial charge on any atom is 0.0786 e. The quantitative estimate of drug-likeness (QED) is 0.0546. The molecule has 0 saturated carbocycles. The summed E-state index contributed by atoms with van der Waals surface area (Å²) >= 11 is 11.7. The molecule has 0 aromatic rings. The summed E-state index contributed by atoms with van der Waals surface area (Å²) in [4.78, 5) is 43.0. The summed E-state index contributed by atoms with van der Waals surface area (Å²) < 4.78 is 2.84. The van der Waals surface area contributed by atoms with Gasteiger partial charge in [0.25, 0.3) is 0 Å². The predicted molar refractivity (Wildman–Crippen MR) is 232 cm³/mol. The summed E-state index contributed by atoms with van der Waals surface area (Å²) in [5.41, 5.74) is 0. The Bertz CT molecular complexity index is 483. The monoisotopic (exact) mass is 1210 g/mol. The van der Waals surface area contributed by atoms with E-state index in [1.165, 1.54) is 190 Å². The molecule has 0 amide bonds. The first-order valence-electron chi connectivity index (χ1n) is 18.2. The molecule has 1 radical (unpaired) electrons. The Hall–Kier alpha value is 1.32. The first-order valence-corrected chi connectivity index (χ1v) is 22.1. The van der Waals surface area contributed by atoms with Crippen molar-refractivity contribution in [3.8, 4) is 0 Å². The van der Waals surface area contributed by atoms with E-state index in [2.05, 4.69) is 135 Å². The Labute approximate surface area is 365 Å². The third-order valence-corrected chi connectivity index (χ3v) is 7.89. The van der Waals surface area contributed by atoms with Crippen LogP contribution < -0.4 is 0 Å². The molecule has 0 fully saturated rings. The number of rotatable bonds is 24. The molecular formula is C37H72Br5IrN2O5-3. The predicted octanol–water partition coefficient (Wildman–Crippen LogP) is 12.2. The zero-order valence-corrected chi connectivity index (χ0v) is 43.0. The molecule has 0 unspecified atom stereocenters. The van der Waals surface area contributed by atoms with Crippen LogP contribution in [0.15, 0.2) is 0 Å². The van der Waals surface area contributed by atoms with Crippen molar-refractivity contribution in [2.75, 3.05) is 52.4 Å². The average molecular weight is 1220 g/mol. The topological polar surface area (TPSA) is 85.3 Å². The number of quaternary nitrogens is 2. The van der Waals surface area contributed by atoms with E-state index < -0.39 is 0 Å². The van der Waals surface area contributed by atoms with E-state index in [1.807, 2.05) is 0 Å². The van der Waals surface area contributed by atoms with E-state index in [4.69, 9.17) is 24.0 Å². The van der Waals surface area contributed by atoms with E-state index >= 15 is 0 Å². The van der Waals surface area contributed by atoms with Gasteiger partial charge in [-0.05, 0) is 51.4 Å². The average Bonchev–Trinajstić information content (AvgIpc) is 3.09. The third-order valence-electron chi connectivity index (χ3n) is 7.89. The van der Waals surface area contributed by atoms with E-state index in [-0.39, 0.29) is 20.1 Å². The second-order valence-electron chi connectivity index (χ2n) is 11.7. The zero-order chi connectivity index (χ0) is 39.5. The Kier molecular flexibility index (Phi) is 94.6. The van der Waals surface area contributed by atoms with Gasteiger partial charge in [0.15, 0.2) is 0 Å². The van der Waals surface area contributed by atoms with Gasteiger partial charge >= 0.3 is 0 Å². The molecule has 50 heavy (non-hydrogen) atoms. The van der Waals surface area contributed by atoms with Crippen molar-refractivity contribution in [2.24, 2.45) is 0 Å². The minimum Gasteiger partial charge on any atom is -0.530 e. The summed E-state index contributed by atoms with van der Waals surface area (Å²) in [5.74, 6) is 0. The van der Waals surface area contributed by atoms with Gasteiger partial charge in [-0.25, -0.2) is 0 Å². The largest absolute Gasteiger partial charge is 0.530 e. The maximum absolute atomic E-state index is 8.60. The first kappa shape index (κ1) is 69.2. The van der Waals surface area contributed by atoms with Crippen LogP contribution in [0.25, 0.3) is 0 Å². The molecule has 0 rings (SSSR count). The van der Waals surface area contributed by atoms with Gasteiger partial charge in [0.2, 0.25) is 0 Å². The smallest absolute Gasteiger partial charge is 0.0786 e. The van der Waals surface area contributed by atoms with Crippen LogP contribution in [0.2, 0.25) is 0 Å². The molecule has 0 N–H and O–H groups in total. The summed E-state index contributed by atoms with van der Waals surface area (Å²) in [7, 11) is 0. The second kappa shape index (κ2) is 68.3. The molecule has 307 valence electrons. The molecule has 0 aliphatic rings. The Morgan fingerprint density at radius 2 is 0.380 bits per heavy atom. The van der Waals surface area contributed by atoms with Crippen molar-refractivity contribution in [3.63, 3.8) is 0 Å². The van der Waals surface area contributed by atoms with Crippen molar-refractivity contribution in [2.45, 2.75) is 158 Å². The minimum absolute atomic E-state index is 0. The van der Waals surface area contributed by atoms with E-state index in [9.17, 15) is 0 Å². The summed E-state index contributed by atoms with van der Waals surface area (Å²) in [5, 5.41) is 6.56. The number of hydrogen-bond acceptors (Lipinski definition) is 5. The fourth-order valence-electron chi connectivity index (χ4n) is 5.29. The number of hydrogen-bond donors (Lipinski definition) is 0. The van der Waals surface area contributed by atoms with Crippen molar-refractivity contribution in [1.29, 1.82) is 0 Å². The van der Waals surface area contributed by atoms with Crippen LogP contribution in [0.4, 0.5) is 0 Å². The second-order valence-corrected chi connectivity index (χ2v) is 13.3. The van der Waals surface area contributed by atoms with Crippen LogP contribution in [0.1, 0.15) is 158 Å². The van der Waals surface area contributed by atoms with E-state index in [0.29, 0.717) is 0 Å². The summed E-state index contributed by atoms with van der Waals surface area (Å²) in [6.07, 6.45) is 22.1. The van der Waals surface area contributed by atoms with Crippen LogP contribution >= 0.6 is 79.6 Å². The standard InChI is InChI=1S/2C16H36N.5CBrO.Ir/c2*1-5-9-13-17(14-10-6-2,15-11-7-3)16-12-8-4;5*2-1-3;/h2*5-16H2,1-4H3;;;;;;/q2*+1;5*-1;. The molecular weight excluding hydrogens is 1140 g/mol. The minimum atomic E-state index is 0. The van der Waals surface area contributed by atoms with Gasteiger partial charge in [-0.15, -0.1) is 0 Å². The van der Waals surface area contributed by atoms with Gasteiger partial charge in [-0.3, -0.25) is 79.6 Å². The van der Waals surface area contributed by atoms with Crippen molar-refractivity contribution in [3.05, 3.63) is 0 Å². The van der Waals surface area contributed by atoms with E-state index in [0.717, 1.165) is 0 Å².